The van der Waals surface area contributed by atoms with Crippen molar-refractivity contribution in [1.82, 2.24) is 19.8 Å². The van der Waals surface area contributed by atoms with Gasteiger partial charge in [-0.2, -0.15) is 4.31 Å². The summed E-state index contributed by atoms with van der Waals surface area (Å²) >= 11 is 3.47. The van der Waals surface area contributed by atoms with E-state index in [1.165, 1.54) is 4.31 Å². The molecule has 0 saturated carbocycles. The molecule has 0 bridgehead atoms. The lowest BCUT2D eigenvalue weighted by Crippen LogP contribution is -2.62. The number of carbonyl (C=O) groups excluding carboxylic acids is 2. The second-order valence-corrected chi connectivity index (χ2v) is 15.6. The first kappa shape index (κ1) is 32.9. The maximum Gasteiger partial charge on any atom is 0.239 e. The van der Waals surface area contributed by atoms with E-state index in [2.05, 4.69) is 26.6 Å². The number of carbonyl (C=O) groups is 2. The Labute approximate surface area is 247 Å². The van der Waals surface area contributed by atoms with Crippen LogP contribution in [0, 0.1) is 11.8 Å². The van der Waals surface area contributed by atoms with Crippen molar-refractivity contribution in [3.05, 3.63) is 33.8 Å². The number of aliphatic hydroxyl groups is 2. The van der Waals surface area contributed by atoms with E-state index in [0.29, 0.717) is 12.8 Å². The Bertz CT molecular complexity index is 1170. The van der Waals surface area contributed by atoms with Gasteiger partial charge in [0, 0.05) is 48.5 Å². The molecule has 2 aliphatic rings. The van der Waals surface area contributed by atoms with Gasteiger partial charge >= 0.3 is 0 Å². The number of hydrogen-bond donors (Lipinski definition) is 4. The summed E-state index contributed by atoms with van der Waals surface area (Å²) in [6.45, 7) is 10.2. The van der Waals surface area contributed by atoms with E-state index in [1.54, 1.807) is 0 Å². The van der Waals surface area contributed by atoms with Crippen LogP contribution >= 0.6 is 15.9 Å². The lowest BCUT2D eigenvalue weighted by atomic mass is 9.90. The molecule has 1 aliphatic carbocycles. The highest BCUT2D eigenvalue weighted by Crippen LogP contribution is 2.34. The number of hydrogen-bond acceptors (Lipinski definition) is 7. The number of aliphatic hydroxyl groups excluding tert-OH is 2. The van der Waals surface area contributed by atoms with Crippen molar-refractivity contribution in [2.45, 2.75) is 83.7 Å². The lowest BCUT2D eigenvalue weighted by molar-refractivity contribution is -0.131. The van der Waals surface area contributed by atoms with Crippen molar-refractivity contribution in [3.63, 3.8) is 0 Å². The normalized spacial score (nSPS) is 24.0. The number of fused-ring (bicyclic) bond motifs is 1. The summed E-state index contributed by atoms with van der Waals surface area (Å²) in [6, 6.07) is 4.49. The molecule has 1 aromatic rings. The van der Waals surface area contributed by atoms with Gasteiger partial charge in [-0.25, -0.2) is 8.42 Å². The van der Waals surface area contributed by atoms with Crippen LogP contribution in [0.1, 0.15) is 64.6 Å². The van der Waals surface area contributed by atoms with E-state index in [1.807, 2.05) is 57.7 Å². The molecule has 1 aromatic carbocycles. The molecule has 5 atom stereocenters. The molecule has 2 amide bonds. The van der Waals surface area contributed by atoms with Crippen molar-refractivity contribution in [2.75, 3.05) is 32.4 Å². The van der Waals surface area contributed by atoms with Crippen LogP contribution in [0.4, 0.5) is 0 Å². The molecule has 0 aromatic heterocycles. The summed E-state index contributed by atoms with van der Waals surface area (Å²) in [5.41, 5.74) is 1.37. The van der Waals surface area contributed by atoms with E-state index >= 15 is 0 Å². The zero-order valence-corrected chi connectivity index (χ0v) is 26.8. The Morgan fingerprint density at radius 1 is 1.18 bits per heavy atom. The fourth-order valence-corrected chi connectivity index (χ4v) is 6.81. The molecular weight excluding hydrogens is 600 g/mol. The number of piperazine rings is 1. The Kier molecular flexibility index (Phi) is 10.8. The predicted molar refractivity (Wildman–Crippen MR) is 158 cm³/mol. The molecule has 12 heteroatoms. The number of nitrogens with zero attached hydrogens (tertiary/aromatic N) is 2. The Morgan fingerprint density at radius 2 is 1.85 bits per heavy atom. The van der Waals surface area contributed by atoms with Gasteiger partial charge < -0.3 is 20.8 Å². The van der Waals surface area contributed by atoms with Gasteiger partial charge in [-0.05, 0) is 62.8 Å². The van der Waals surface area contributed by atoms with Crippen LogP contribution in [-0.2, 0) is 26.0 Å². The number of sulfonamides is 1. The summed E-state index contributed by atoms with van der Waals surface area (Å²) < 4.78 is 26.6. The highest BCUT2D eigenvalue weighted by molar-refractivity contribution is 9.10. The molecule has 1 aliphatic heterocycles. The smallest absolute Gasteiger partial charge is 0.239 e. The fraction of sp³-hybridized carbons (Fsp3) is 0.714. The van der Waals surface area contributed by atoms with Crippen LogP contribution in [0.5, 0.6) is 0 Å². The van der Waals surface area contributed by atoms with Gasteiger partial charge in [-0.1, -0.05) is 35.8 Å². The molecule has 0 radical (unpaired) electrons. The van der Waals surface area contributed by atoms with Gasteiger partial charge in [0.1, 0.15) is 6.04 Å². The first-order valence-corrected chi connectivity index (χ1v) is 16.5. The maximum atomic E-state index is 13.5. The summed E-state index contributed by atoms with van der Waals surface area (Å²) in [5, 5.41) is 27.8. The minimum absolute atomic E-state index is 0.00207. The number of rotatable bonds is 10. The van der Waals surface area contributed by atoms with Crippen LogP contribution in [0.2, 0.25) is 0 Å². The van der Waals surface area contributed by atoms with Crippen molar-refractivity contribution in [2.24, 2.45) is 11.8 Å². The summed E-state index contributed by atoms with van der Waals surface area (Å²) in [5.74, 6) is -0.836. The van der Waals surface area contributed by atoms with E-state index in [-0.39, 0.29) is 50.3 Å². The Balaban J connectivity index is 1.72. The molecule has 4 N–H and O–H groups in total. The van der Waals surface area contributed by atoms with Gasteiger partial charge in [-0.15, -0.1) is 0 Å². The van der Waals surface area contributed by atoms with E-state index in [0.717, 1.165) is 21.9 Å². The van der Waals surface area contributed by atoms with Gasteiger partial charge in [0.25, 0.3) is 0 Å². The van der Waals surface area contributed by atoms with Crippen LogP contribution in [0.15, 0.2) is 22.7 Å². The zero-order chi connectivity index (χ0) is 30.0. The van der Waals surface area contributed by atoms with E-state index < -0.39 is 45.8 Å². The second kappa shape index (κ2) is 13.2. The molecule has 1 heterocycles. The van der Waals surface area contributed by atoms with Crippen molar-refractivity contribution in [1.29, 1.82) is 0 Å². The van der Waals surface area contributed by atoms with Gasteiger partial charge in [0.05, 0.1) is 24.5 Å². The van der Waals surface area contributed by atoms with Crippen LogP contribution < -0.4 is 10.6 Å². The molecule has 0 spiro atoms. The number of β-amino-alcohol motifs (C(OH)–C–C–N with tert-alkyl or cyclic N) is 1. The fourth-order valence-electron chi connectivity index (χ4n) is 5.61. The van der Waals surface area contributed by atoms with Gasteiger partial charge in [-0.3, -0.25) is 14.5 Å². The van der Waals surface area contributed by atoms with Crippen LogP contribution in [0.3, 0.4) is 0 Å². The summed E-state index contributed by atoms with van der Waals surface area (Å²) in [4.78, 5) is 28.5. The number of nitrogens with one attached hydrogen (secondary N) is 2. The highest BCUT2D eigenvalue weighted by atomic mass is 79.9. The second-order valence-electron chi connectivity index (χ2n) is 12.7. The largest absolute Gasteiger partial charge is 0.392 e. The minimum Gasteiger partial charge on any atom is -0.392 e. The first-order chi connectivity index (χ1) is 18.4. The lowest BCUT2D eigenvalue weighted by Gasteiger charge is -2.41. The Hall–Kier alpha value is -1.57. The zero-order valence-electron chi connectivity index (χ0n) is 24.4. The predicted octanol–water partition coefficient (Wildman–Crippen LogP) is 1.80. The van der Waals surface area contributed by atoms with Crippen LogP contribution in [0.25, 0.3) is 0 Å². The molecule has 226 valence electrons. The van der Waals surface area contributed by atoms with Gasteiger partial charge in [0.15, 0.2) is 0 Å². The highest BCUT2D eigenvalue weighted by Gasteiger charge is 2.39. The number of amides is 2. The molecular formula is C28H45BrN4O6S. The number of halogens is 1. The third kappa shape index (κ3) is 8.96. The quantitative estimate of drug-likeness (QED) is 0.305. The van der Waals surface area contributed by atoms with Crippen LogP contribution in [-0.4, -0.2) is 95.9 Å². The molecule has 3 rings (SSSR count). The van der Waals surface area contributed by atoms with Gasteiger partial charge in [0.2, 0.25) is 21.8 Å². The standard InChI is InChI=1S/C28H45BrN4O6S/c1-17(2)11-19(26(36)30-25-22-14-20(29)8-7-18(22)13-24(25)35)12-21(34)15-32-9-10-33(40(6,38)39)16-23(32)27(37)31-28(3,4)5/h7-8,14,17,19,21,23-25,34-35H,9-13,15-16H2,1-6H3,(H,30,36)(H,31,37)/t19-,21+,23+,24-,25+/m1/s1. The molecule has 1 fully saturated rings. The topological polar surface area (TPSA) is 139 Å². The molecule has 0 unspecified atom stereocenters. The molecule has 40 heavy (non-hydrogen) atoms. The average molecular weight is 646 g/mol. The minimum atomic E-state index is -3.48. The maximum absolute atomic E-state index is 13.5. The van der Waals surface area contributed by atoms with E-state index in [4.69, 9.17) is 0 Å². The van der Waals surface area contributed by atoms with Crippen molar-refractivity contribution < 1.29 is 28.2 Å². The first-order valence-electron chi connectivity index (χ1n) is 13.9. The summed E-state index contributed by atoms with van der Waals surface area (Å²) in [6.07, 6.45) is 0.669. The van der Waals surface area contributed by atoms with Crippen molar-refractivity contribution >= 4 is 37.8 Å². The SMILES string of the molecule is CC(C)C[C@H](C[C@H](O)CN1CCN(S(C)(=O)=O)C[C@H]1C(=O)NC(C)(C)C)C(=O)N[C@H]1c2cc(Br)ccc2C[C@H]1O. The molecule has 10 nitrogen and oxygen atoms in total. The third-order valence-electron chi connectivity index (χ3n) is 7.41. The molecule has 1 saturated heterocycles. The summed E-state index contributed by atoms with van der Waals surface area (Å²) in [7, 11) is -3.48. The number of benzene rings is 1. The monoisotopic (exact) mass is 644 g/mol. The van der Waals surface area contributed by atoms with E-state index in [9.17, 15) is 28.2 Å². The van der Waals surface area contributed by atoms with Crippen molar-refractivity contribution in [3.8, 4) is 0 Å². The average Bonchev–Trinajstić information content (AvgIpc) is 3.10. The third-order valence-corrected chi connectivity index (χ3v) is 9.17. The Morgan fingerprint density at radius 3 is 2.45 bits per heavy atom.